The van der Waals surface area contributed by atoms with Crippen LogP contribution in [0.5, 0.6) is 0 Å². The summed E-state index contributed by atoms with van der Waals surface area (Å²) in [5.74, 6) is 0.627. The average molecular weight is 179 g/mol. The smallest absolute Gasteiger partial charge is 0.242 e. The molecule has 5 heteroatoms. The van der Waals surface area contributed by atoms with E-state index in [0.717, 1.165) is 9.84 Å². The molecule has 0 atom stereocenters. The Morgan fingerprint density at radius 1 is 1.75 bits per heavy atom. The predicted molar refractivity (Wildman–Crippen MR) is 45.6 cm³/mol. The van der Waals surface area contributed by atoms with Crippen molar-refractivity contribution >= 4 is 28.2 Å². The van der Waals surface area contributed by atoms with Gasteiger partial charge in [0.1, 0.15) is 0 Å². The highest BCUT2D eigenvalue weighted by atomic mass is 32.1. The van der Waals surface area contributed by atoms with Crippen LogP contribution in [0.15, 0.2) is 17.4 Å². The van der Waals surface area contributed by atoms with E-state index in [-0.39, 0.29) is 0 Å². The number of aryl methyl sites for hydroxylation is 1. The van der Waals surface area contributed by atoms with Crippen molar-refractivity contribution < 1.29 is 4.79 Å². The molecule has 4 nitrogen and oxygen atoms in total. The van der Waals surface area contributed by atoms with Crippen LogP contribution >= 0.6 is 11.3 Å². The lowest BCUT2D eigenvalue weighted by Gasteiger charge is -1.86. The molecular formula is C7H5N3OS. The summed E-state index contributed by atoms with van der Waals surface area (Å²) in [6, 6.07) is 0. The van der Waals surface area contributed by atoms with Crippen LogP contribution in [-0.4, -0.2) is 15.5 Å². The number of fused-ring (bicyclic) bond motifs is 1. The number of thiazole rings is 1. The van der Waals surface area contributed by atoms with E-state index >= 15 is 0 Å². The fourth-order valence-electron chi connectivity index (χ4n) is 1.05. The Kier molecular flexibility index (Phi) is 1.53. The summed E-state index contributed by atoms with van der Waals surface area (Å²) < 4.78 is 1.77. The van der Waals surface area contributed by atoms with Crippen molar-refractivity contribution in [3.05, 3.63) is 17.3 Å². The molecule has 2 rings (SSSR count). The Morgan fingerprint density at radius 2 is 2.58 bits per heavy atom. The zero-order valence-corrected chi connectivity index (χ0v) is 7.13. The maximum atomic E-state index is 10.1. The van der Waals surface area contributed by atoms with Crippen LogP contribution in [0.1, 0.15) is 4.88 Å². The Labute approximate surface area is 72.2 Å². The molecule has 0 aliphatic rings. The molecule has 2 heterocycles. The van der Waals surface area contributed by atoms with Crippen LogP contribution in [0, 0.1) is 6.92 Å². The molecule has 0 radical (unpaired) electrons. The molecule has 0 aliphatic carbocycles. The Hall–Kier alpha value is -1.45. The Bertz CT molecular complexity index is 464. The van der Waals surface area contributed by atoms with E-state index in [9.17, 15) is 4.79 Å². The van der Waals surface area contributed by atoms with Gasteiger partial charge in [0, 0.05) is 17.3 Å². The van der Waals surface area contributed by atoms with Crippen LogP contribution in [0.3, 0.4) is 0 Å². The van der Waals surface area contributed by atoms with Crippen molar-refractivity contribution in [3.63, 3.8) is 0 Å². The second-order valence-electron chi connectivity index (χ2n) is 2.26. The second kappa shape index (κ2) is 2.55. The van der Waals surface area contributed by atoms with E-state index in [2.05, 4.69) is 9.98 Å². The third-order valence-corrected chi connectivity index (χ3v) is 2.52. The fourth-order valence-corrected chi connectivity index (χ4v) is 1.92. The molecule has 0 unspecified atom stereocenters. The van der Waals surface area contributed by atoms with Gasteiger partial charge in [-0.25, -0.2) is 9.78 Å². The highest BCUT2D eigenvalue weighted by molar-refractivity contribution is 7.17. The lowest BCUT2D eigenvalue weighted by molar-refractivity contribution is 0.565. The summed E-state index contributed by atoms with van der Waals surface area (Å²) in [6.45, 7) is 1.90. The van der Waals surface area contributed by atoms with Crippen LogP contribution in [0.25, 0.3) is 4.96 Å². The molecule has 12 heavy (non-hydrogen) atoms. The summed E-state index contributed by atoms with van der Waals surface area (Å²) >= 11 is 1.50. The zero-order chi connectivity index (χ0) is 8.55. The second-order valence-corrected chi connectivity index (χ2v) is 3.45. The molecule has 60 valence electrons. The van der Waals surface area contributed by atoms with Gasteiger partial charge < -0.3 is 0 Å². The Morgan fingerprint density at radius 3 is 3.33 bits per heavy atom. The molecule has 2 aromatic heterocycles. The van der Waals surface area contributed by atoms with Gasteiger partial charge in [-0.05, 0) is 6.92 Å². The summed E-state index contributed by atoms with van der Waals surface area (Å²) in [6.07, 6.45) is 4.97. The zero-order valence-electron chi connectivity index (χ0n) is 6.31. The number of imidazole rings is 1. The number of hydrogen-bond donors (Lipinski definition) is 0. The summed E-state index contributed by atoms with van der Waals surface area (Å²) in [4.78, 5) is 19.6. The molecule has 0 bridgehead atoms. The maximum absolute atomic E-state index is 10.1. The van der Waals surface area contributed by atoms with E-state index in [4.69, 9.17) is 0 Å². The number of isocyanates is 1. The van der Waals surface area contributed by atoms with Crippen molar-refractivity contribution in [1.82, 2.24) is 9.38 Å². The first-order valence-electron chi connectivity index (χ1n) is 3.33. The number of aliphatic imine (C=N–C) groups is 1. The number of rotatable bonds is 1. The van der Waals surface area contributed by atoms with E-state index in [1.54, 1.807) is 16.8 Å². The van der Waals surface area contributed by atoms with Gasteiger partial charge in [0.15, 0.2) is 10.8 Å². The van der Waals surface area contributed by atoms with Gasteiger partial charge in [-0.15, -0.1) is 4.99 Å². The van der Waals surface area contributed by atoms with E-state index in [0.29, 0.717) is 5.82 Å². The van der Waals surface area contributed by atoms with Crippen LogP contribution in [0.2, 0.25) is 0 Å². The first-order chi connectivity index (χ1) is 5.83. The number of hydrogen-bond acceptors (Lipinski definition) is 4. The summed E-state index contributed by atoms with van der Waals surface area (Å²) in [7, 11) is 0. The van der Waals surface area contributed by atoms with Gasteiger partial charge in [-0.2, -0.15) is 0 Å². The van der Waals surface area contributed by atoms with Crippen LogP contribution in [-0.2, 0) is 4.79 Å². The van der Waals surface area contributed by atoms with E-state index < -0.39 is 0 Å². The van der Waals surface area contributed by atoms with Crippen molar-refractivity contribution in [2.45, 2.75) is 6.92 Å². The van der Waals surface area contributed by atoms with Crippen molar-refractivity contribution in [2.75, 3.05) is 0 Å². The van der Waals surface area contributed by atoms with Crippen molar-refractivity contribution in [3.8, 4) is 0 Å². The molecule has 2 aromatic rings. The minimum Gasteiger partial charge on any atom is -0.274 e. The third kappa shape index (κ3) is 0.879. The summed E-state index contributed by atoms with van der Waals surface area (Å²) in [5.41, 5.74) is 0. The van der Waals surface area contributed by atoms with Gasteiger partial charge in [0.05, 0.1) is 0 Å². The first kappa shape index (κ1) is 7.21. The largest absolute Gasteiger partial charge is 0.274 e. The SMILES string of the molecule is Cc1sc2nccn2c1N=C=O. The summed E-state index contributed by atoms with van der Waals surface area (Å²) in [5, 5.41) is 0. The van der Waals surface area contributed by atoms with Crippen molar-refractivity contribution in [1.29, 1.82) is 0 Å². The minimum absolute atomic E-state index is 0.627. The van der Waals surface area contributed by atoms with Crippen LogP contribution < -0.4 is 0 Å². The highest BCUT2D eigenvalue weighted by Crippen LogP contribution is 2.27. The molecule has 0 fully saturated rings. The molecule has 0 aromatic carbocycles. The average Bonchev–Trinajstić information content (AvgIpc) is 2.56. The highest BCUT2D eigenvalue weighted by Gasteiger charge is 2.06. The topological polar surface area (TPSA) is 46.7 Å². The molecule has 0 N–H and O–H groups in total. The molecule has 0 saturated carbocycles. The molecular weight excluding hydrogens is 174 g/mol. The molecule has 0 aliphatic heterocycles. The maximum Gasteiger partial charge on any atom is 0.242 e. The number of nitrogens with zero attached hydrogens (tertiary/aromatic N) is 3. The number of carbonyl (C=O) groups excluding carboxylic acids is 1. The van der Waals surface area contributed by atoms with Gasteiger partial charge in [-0.3, -0.25) is 4.40 Å². The van der Waals surface area contributed by atoms with E-state index in [1.807, 2.05) is 6.92 Å². The van der Waals surface area contributed by atoms with Crippen molar-refractivity contribution in [2.24, 2.45) is 4.99 Å². The third-order valence-electron chi connectivity index (χ3n) is 1.55. The minimum atomic E-state index is 0.627. The molecule has 0 spiro atoms. The normalized spacial score (nSPS) is 10.1. The van der Waals surface area contributed by atoms with E-state index in [1.165, 1.54) is 17.4 Å². The van der Waals surface area contributed by atoms with Gasteiger partial charge in [0.25, 0.3) is 0 Å². The Balaban J connectivity index is 2.84. The fraction of sp³-hybridized carbons (Fsp3) is 0.143. The lowest BCUT2D eigenvalue weighted by Crippen LogP contribution is -1.75. The molecule has 0 saturated heterocycles. The monoisotopic (exact) mass is 179 g/mol. The lowest BCUT2D eigenvalue weighted by atomic mass is 10.5. The van der Waals surface area contributed by atoms with Crippen LogP contribution in [0.4, 0.5) is 5.82 Å². The first-order valence-corrected chi connectivity index (χ1v) is 4.15. The van der Waals surface area contributed by atoms with Gasteiger partial charge >= 0.3 is 0 Å². The van der Waals surface area contributed by atoms with Gasteiger partial charge in [-0.1, -0.05) is 11.3 Å². The predicted octanol–water partition coefficient (Wildman–Crippen LogP) is 1.67. The quantitative estimate of drug-likeness (QED) is 0.493. The molecule has 0 amide bonds. The van der Waals surface area contributed by atoms with Gasteiger partial charge in [0.2, 0.25) is 6.08 Å². The standard InChI is InChI=1S/C7H5N3OS/c1-5-6(9-4-11)10-3-2-8-7(10)12-5/h2-3H,1H3. The number of aromatic nitrogens is 2.